The molecule has 2 amide bonds. The third-order valence-corrected chi connectivity index (χ3v) is 6.11. The maximum atomic E-state index is 13.4. The van der Waals surface area contributed by atoms with Crippen molar-refractivity contribution in [2.45, 2.75) is 18.9 Å². The predicted molar refractivity (Wildman–Crippen MR) is 104 cm³/mol. The molecule has 1 N–H and O–H groups in total. The third kappa shape index (κ3) is 3.67. The van der Waals surface area contributed by atoms with Gasteiger partial charge in [-0.05, 0) is 42.5 Å². The normalized spacial score (nSPS) is 16.4. The molecule has 0 radical (unpaired) electrons. The van der Waals surface area contributed by atoms with Crippen LogP contribution in [0.25, 0.3) is 11.3 Å². The van der Waals surface area contributed by atoms with Crippen molar-refractivity contribution in [3.63, 3.8) is 0 Å². The average molecular weight is 419 g/mol. The van der Waals surface area contributed by atoms with Crippen molar-refractivity contribution >= 4 is 39.6 Å². The van der Waals surface area contributed by atoms with Gasteiger partial charge in [-0.15, -0.1) is 22.7 Å². The lowest BCUT2D eigenvalue weighted by Crippen LogP contribution is -2.42. The number of hydrogen-bond acceptors (Lipinski definition) is 5. The zero-order valence-electron chi connectivity index (χ0n) is 14.5. The van der Waals surface area contributed by atoms with Crippen LogP contribution in [-0.2, 0) is 4.79 Å². The maximum absolute atomic E-state index is 13.4. The highest BCUT2D eigenvalue weighted by atomic mass is 32.1. The Labute approximate surface area is 167 Å². The highest BCUT2D eigenvalue weighted by molar-refractivity contribution is 7.14. The minimum atomic E-state index is -0.954. The molecular weight excluding hydrogens is 404 g/mol. The fraction of sp³-hybridized carbons (Fsp3) is 0.211. The molecule has 0 spiro atoms. The van der Waals surface area contributed by atoms with E-state index in [4.69, 9.17) is 0 Å². The van der Waals surface area contributed by atoms with Crippen molar-refractivity contribution in [3.8, 4) is 11.3 Å². The van der Waals surface area contributed by atoms with Crippen molar-refractivity contribution in [3.05, 3.63) is 57.6 Å². The third-order valence-electron chi connectivity index (χ3n) is 4.50. The molecule has 1 aromatic carbocycles. The van der Waals surface area contributed by atoms with E-state index < -0.39 is 17.7 Å². The van der Waals surface area contributed by atoms with Gasteiger partial charge in [0.1, 0.15) is 6.04 Å². The van der Waals surface area contributed by atoms with Crippen LogP contribution in [0.2, 0.25) is 0 Å². The number of hydrogen-bond donors (Lipinski definition) is 1. The summed E-state index contributed by atoms with van der Waals surface area (Å²) < 4.78 is 26.5. The molecular formula is C19H15F2N3O2S2. The number of benzene rings is 1. The Balaban J connectivity index is 1.47. The number of aromatic nitrogens is 1. The van der Waals surface area contributed by atoms with Crippen molar-refractivity contribution < 1.29 is 18.4 Å². The molecule has 1 aliphatic heterocycles. The van der Waals surface area contributed by atoms with Crippen LogP contribution in [0.4, 0.5) is 13.9 Å². The van der Waals surface area contributed by atoms with Crippen LogP contribution in [-0.4, -0.2) is 34.3 Å². The zero-order valence-corrected chi connectivity index (χ0v) is 16.2. The van der Waals surface area contributed by atoms with Gasteiger partial charge in [-0.1, -0.05) is 6.07 Å². The van der Waals surface area contributed by atoms with Crippen molar-refractivity contribution in [1.82, 2.24) is 9.88 Å². The number of nitrogens with one attached hydrogen (secondary N) is 1. The summed E-state index contributed by atoms with van der Waals surface area (Å²) in [5, 5.41) is 6.57. The van der Waals surface area contributed by atoms with Crippen molar-refractivity contribution in [2.75, 3.05) is 11.9 Å². The lowest BCUT2D eigenvalue weighted by Gasteiger charge is -2.22. The highest BCUT2D eigenvalue weighted by Gasteiger charge is 2.35. The Hall–Kier alpha value is -2.65. The first kappa shape index (κ1) is 18.7. The quantitative estimate of drug-likeness (QED) is 0.682. The van der Waals surface area contributed by atoms with E-state index in [0.29, 0.717) is 34.2 Å². The fourth-order valence-electron chi connectivity index (χ4n) is 3.13. The van der Waals surface area contributed by atoms with Gasteiger partial charge < -0.3 is 10.2 Å². The monoisotopic (exact) mass is 419 g/mol. The van der Waals surface area contributed by atoms with Crippen LogP contribution in [0.15, 0.2) is 41.1 Å². The Morgan fingerprint density at radius 3 is 2.79 bits per heavy atom. The lowest BCUT2D eigenvalue weighted by atomic mass is 10.2. The molecule has 3 heterocycles. The van der Waals surface area contributed by atoms with Crippen LogP contribution in [0.3, 0.4) is 0 Å². The maximum Gasteiger partial charge on any atom is 0.264 e. The largest absolute Gasteiger partial charge is 0.326 e. The molecule has 9 heteroatoms. The first-order valence-corrected chi connectivity index (χ1v) is 10.3. The molecule has 0 bridgehead atoms. The summed E-state index contributed by atoms with van der Waals surface area (Å²) in [6.45, 7) is 0.535. The van der Waals surface area contributed by atoms with E-state index >= 15 is 0 Å². The van der Waals surface area contributed by atoms with Gasteiger partial charge in [-0.3, -0.25) is 9.59 Å². The molecule has 3 aromatic rings. The number of amides is 2. The summed E-state index contributed by atoms with van der Waals surface area (Å²) in [6, 6.07) is 6.53. The molecule has 2 aromatic heterocycles. The van der Waals surface area contributed by atoms with Gasteiger partial charge in [0.15, 0.2) is 16.8 Å². The number of thiazole rings is 1. The molecule has 1 saturated heterocycles. The number of likely N-dealkylation sites (tertiary alicyclic amines) is 1. The molecule has 1 atom stereocenters. The Morgan fingerprint density at radius 2 is 2.04 bits per heavy atom. The standard InChI is InChI=1S/C19H15F2N3O2S2/c20-12-6-5-11(9-13(12)21)14-10-28-19(22-14)23-17(25)15-3-1-7-24(15)18(26)16-4-2-8-27-16/h2,4-6,8-10,15H,1,3,7H2,(H,22,23,25)/t15-/m0/s1. The van der Waals surface area contributed by atoms with Gasteiger partial charge in [-0.25, -0.2) is 13.8 Å². The van der Waals surface area contributed by atoms with Crippen molar-refractivity contribution in [1.29, 1.82) is 0 Å². The molecule has 1 aliphatic rings. The summed E-state index contributed by atoms with van der Waals surface area (Å²) in [5.74, 6) is -2.32. The second kappa shape index (κ2) is 7.76. The molecule has 28 heavy (non-hydrogen) atoms. The first-order chi connectivity index (χ1) is 13.5. The molecule has 144 valence electrons. The van der Waals surface area contributed by atoms with Crippen LogP contribution in [0.5, 0.6) is 0 Å². The number of carbonyl (C=O) groups is 2. The van der Waals surface area contributed by atoms with E-state index in [-0.39, 0.29) is 11.8 Å². The number of anilines is 1. The number of rotatable bonds is 4. The summed E-state index contributed by atoms with van der Waals surface area (Å²) in [4.78, 5) is 31.8. The summed E-state index contributed by atoms with van der Waals surface area (Å²) in [6.07, 6.45) is 1.34. The second-order valence-corrected chi connectivity index (χ2v) is 8.10. The minimum Gasteiger partial charge on any atom is -0.326 e. The van der Waals surface area contributed by atoms with Gasteiger partial charge >= 0.3 is 0 Å². The zero-order chi connectivity index (χ0) is 19.7. The topological polar surface area (TPSA) is 62.3 Å². The van der Waals surface area contributed by atoms with Crippen molar-refractivity contribution in [2.24, 2.45) is 0 Å². The van der Waals surface area contributed by atoms with Gasteiger partial charge in [0.2, 0.25) is 5.91 Å². The predicted octanol–water partition coefficient (Wildman–Crippen LogP) is 4.39. The SMILES string of the molecule is O=C(Nc1nc(-c2ccc(F)c(F)c2)cs1)[C@@H]1CCCN1C(=O)c1cccs1. The molecule has 0 saturated carbocycles. The smallest absolute Gasteiger partial charge is 0.264 e. The Bertz CT molecular complexity index is 1020. The molecule has 0 unspecified atom stereocenters. The van der Waals surface area contributed by atoms with Crippen LogP contribution >= 0.6 is 22.7 Å². The first-order valence-electron chi connectivity index (χ1n) is 8.59. The van der Waals surface area contributed by atoms with E-state index in [1.807, 2.05) is 5.38 Å². The van der Waals surface area contributed by atoms with E-state index in [9.17, 15) is 18.4 Å². The molecule has 4 rings (SSSR count). The second-order valence-electron chi connectivity index (χ2n) is 6.29. The van der Waals surface area contributed by atoms with Gasteiger partial charge in [0.05, 0.1) is 10.6 Å². The Kier molecular flexibility index (Phi) is 5.19. The Morgan fingerprint density at radius 1 is 1.18 bits per heavy atom. The number of halogens is 2. The lowest BCUT2D eigenvalue weighted by molar-refractivity contribution is -0.119. The number of carbonyl (C=O) groups excluding carboxylic acids is 2. The van der Waals surface area contributed by atoms with E-state index in [0.717, 1.165) is 18.6 Å². The van der Waals surface area contributed by atoms with Crippen LogP contribution in [0, 0.1) is 11.6 Å². The average Bonchev–Trinajstić information content (AvgIpc) is 3.44. The van der Waals surface area contributed by atoms with Crippen LogP contribution in [0.1, 0.15) is 22.5 Å². The summed E-state index contributed by atoms with van der Waals surface area (Å²) in [5.41, 5.74) is 0.864. The van der Waals surface area contributed by atoms with E-state index in [2.05, 4.69) is 10.3 Å². The van der Waals surface area contributed by atoms with E-state index in [1.54, 1.807) is 22.4 Å². The number of thiophene rings is 1. The summed E-state index contributed by atoms with van der Waals surface area (Å²) in [7, 11) is 0. The summed E-state index contributed by atoms with van der Waals surface area (Å²) >= 11 is 2.54. The van der Waals surface area contributed by atoms with Crippen LogP contribution < -0.4 is 5.32 Å². The minimum absolute atomic E-state index is 0.144. The van der Waals surface area contributed by atoms with Gasteiger partial charge in [0, 0.05) is 17.5 Å². The number of nitrogens with zero attached hydrogens (tertiary/aromatic N) is 2. The van der Waals surface area contributed by atoms with Gasteiger partial charge in [0.25, 0.3) is 5.91 Å². The molecule has 1 fully saturated rings. The molecule has 5 nitrogen and oxygen atoms in total. The fourth-order valence-corrected chi connectivity index (χ4v) is 4.53. The molecule has 0 aliphatic carbocycles. The van der Waals surface area contributed by atoms with Gasteiger partial charge in [-0.2, -0.15) is 0 Å². The van der Waals surface area contributed by atoms with E-state index in [1.165, 1.54) is 28.7 Å². The highest BCUT2D eigenvalue weighted by Crippen LogP contribution is 2.28.